The average Bonchev–Trinajstić information content (AvgIpc) is 2.80. The molecule has 1 aromatic carbocycles. The molecule has 94 valence electrons. The van der Waals surface area contributed by atoms with E-state index < -0.39 is 0 Å². The molecule has 0 aromatic heterocycles. The Morgan fingerprint density at radius 2 is 2.18 bits per heavy atom. The summed E-state index contributed by atoms with van der Waals surface area (Å²) in [6.45, 7) is 4.02. The van der Waals surface area contributed by atoms with Crippen LogP contribution in [-0.2, 0) is 11.3 Å². The van der Waals surface area contributed by atoms with Gasteiger partial charge in [0.25, 0.3) is 0 Å². The first-order chi connectivity index (χ1) is 8.22. The van der Waals surface area contributed by atoms with Gasteiger partial charge in [0.1, 0.15) is 0 Å². The highest BCUT2D eigenvalue weighted by molar-refractivity contribution is 6.30. The summed E-state index contributed by atoms with van der Waals surface area (Å²) >= 11 is 5.66. The molecule has 0 aliphatic carbocycles. The number of hydrogen-bond donors (Lipinski definition) is 2. The molecule has 0 saturated carbocycles. The van der Waals surface area contributed by atoms with Gasteiger partial charge in [0.05, 0.1) is 0 Å². The SMILES string of the molecule is CC1CCCN1.O=CNCc1ccc(Cl)cc1. The third-order valence-corrected chi connectivity index (χ3v) is 2.86. The van der Waals surface area contributed by atoms with Gasteiger partial charge in [0, 0.05) is 17.6 Å². The van der Waals surface area contributed by atoms with Crippen LogP contribution in [0.5, 0.6) is 0 Å². The molecule has 1 amide bonds. The predicted molar refractivity (Wildman–Crippen MR) is 71.1 cm³/mol. The van der Waals surface area contributed by atoms with Crippen LogP contribution in [0.25, 0.3) is 0 Å². The van der Waals surface area contributed by atoms with E-state index in [-0.39, 0.29) is 0 Å². The summed E-state index contributed by atoms with van der Waals surface area (Å²) in [5, 5.41) is 6.59. The molecule has 0 spiro atoms. The fraction of sp³-hybridized carbons (Fsp3) is 0.462. The van der Waals surface area contributed by atoms with Crippen LogP contribution in [0.2, 0.25) is 5.02 Å². The van der Waals surface area contributed by atoms with Gasteiger partial charge in [0.15, 0.2) is 0 Å². The maximum atomic E-state index is 9.91. The topological polar surface area (TPSA) is 41.1 Å². The van der Waals surface area contributed by atoms with Crippen molar-refractivity contribution >= 4 is 18.0 Å². The van der Waals surface area contributed by atoms with E-state index in [1.165, 1.54) is 19.4 Å². The molecule has 2 N–H and O–H groups in total. The highest BCUT2D eigenvalue weighted by Crippen LogP contribution is 2.08. The van der Waals surface area contributed by atoms with Crippen molar-refractivity contribution in [2.75, 3.05) is 6.54 Å². The van der Waals surface area contributed by atoms with Crippen molar-refractivity contribution < 1.29 is 4.79 Å². The lowest BCUT2D eigenvalue weighted by atomic mass is 10.2. The van der Waals surface area contributed by atoms with Crippen LogP contribution in [0.4, 0.5) is 0 Å². The lowest BCUT2D eigenvalue weighted by molar-refractivity contribution is -0.109. The van der Waals surface area contributed by atoms with Crippen LogP contribution in [0, 0.1) is 0 Å². The molecule has 0 radical (unpaired) electrons. The van der Waals surface area contributed by atoms with Gasteiger partial charge < -0.3 is 10.6 Å². The summed E-state index contributed by atoms with van der Waals surface area (Å²) in [6.07, 6.45) is 3.43. The van der Waals surface area contributed by atoms with Crippen LogP contribution in [0.15, 0.2) is 24.3 Å². The first-order valence-corrected chi connectivity index (χ1v) is 6.25. The van der Waals surface area contributed by atoms with Gasteiger partial charge in [-0.05, 0) is 44.0 Å². The van der Waals surface area contributed by atoms with E-state index in [2.05, 4.69) is 17.6 Å². The van der Waals surface area contributed by atoms with Crippen molar-refractivity contribution in [2.24, 2.45) is 0 Å². The monoisotopic (exact) mass is 254 g/mol. The molecule has 1 atom stereocenters. The van der Waals surface area contributed by atoms with E-state index >= 15 is 0 Å². The number of benzene rings is 1. The van der Waals surface area contributed by atoms with Gasteiger partial charge in [0.2, 0.25) is 6.41 Å². The Balaban J connectivity index is 0.000000202. The Bertz CT molecular complexity index is 321. The quantitative estimate of drug-likeness (QED) is 0.813. The fourth-order valence-corrected chi connectivity index (χ4v) is 1.75. The van der Waals surface area contributed by atoms with E-state index in [4.69, 9.17) is 11.6 Å². The highest BCUT2D eigenvalue weighted by Gasteiger charge is 2.05. The molecule has 3 nitrogen and oxygen atoms in total. The zero-order chi connectivity index (χ0) is 12.5. The smallest absolute Gasteiger partial charge is 0.207 e. The highest BCUT2D eigenvalue weighted by atomic mass is 35.5. The van der Waals surface area contributed by atoms with Crippen LogP contribution in [0.1, 0.15) is 25.3 Å². The molecule has 1 saturated heterocycles. The number of carbonyl (C=O) groups is 1. The van der Waals surface area contributed by atoms with E-state index in [0.717, 1.165) is 11.6 Å². The molecule has 1 aliphatic heterocycles. The van der Waals surface area contributed by atoms with Crippen LogP contribution in [0.3, 0.4) is 0 Å². The second kappa shape index (κ2) is 8.09. The van der Waals surface area contributed by atoms with Crippen LogP contribution in [-0.4, -0.2) is 19.0 Å². The summed E-state index contributed by atoms with van der Waals surface area (Å²) in [5.41, 5.74) is 1.04. The van der Waals surface area contributed by atoms with Crippen molar-refractivity contribution in [3.8, 4) is 0 Å². The number of halogens is 1. The molecule has 1 aliphatic rings. The second-order valence-electron chi connectivity index (χ2n) is 4.12. The Morgan fingerprint density at radius 3 is 2.59 bits per heavy atom. The van der Waals surface area contributed by atoms with Gasteiger partial charge in [-0.3, -0.25) is 4.79 Å². The lowest BCUT2D eigenvalue weighted by Gasteiger charge is -1.98. The van der Waals surface area contributed by atoms with E-state index in [1.54, 1.807) is 12.1 Å². The van der Waals surface area contributed by atoms with E-state index in [1.807, 2.05) is 12.1 Å². The predicted octanol–water partition coefficient (Wildman–Crippen LogP) is 2.34. The van der Waals surface area contributed by atoms with Crippen LogP contribution >= 0.6 is 11.6 Å². The normalized spacial score (nSPS) is 18.1. The van der Waals surface area contributed by atoms with Crippen molar-refractivity contribution in [3.05, 3.63) is 34.9 Å². The van der Waals surface area contributed by atoms with Crippen molar-refractivity contribution in [1.29, 1.82) is 0 Å². The minimum atomic E-state index is 0.556. The first kappa shape index (κ1) is 14.0. The first-order valence-electron chi connectivity index (χ1n) is 5.87. The molecular weight excluding hydrogens is 236 g/mol. The summed E-state index contributed by atoms with van der Waals surface area (Å²) in [5.74, 6) is 0. The van der Waals surface area contributed by atoms with Gasteiger partial charge in [-0.15, -0.1) is 0 Å². The molecule has 1 heterocycles. The standard InChI is InChI=1S/C8H8ClNO.C5H11N/c9-8-3-1-7(2-4-8)5-10-6-11;1-5-3-2-4-6-5/h1-4,6H,5H2,(H,10,11);5-6H,2-4H2,1H3. The zero-order valence-corrected chi connectivity index (χ0v) is 10.8. The van der Waals surface area contributed by atoms with Gasteiger partial charge >= 0.3 is 0 Å². The Labute approximate surface area is 108 Å². The summed E-state index contributed by atoms with van der Waals surface area (Å²) in [4.78, 5) is 9.91. The van der Waals surface area contributed by atoms with Crippen molar-refractivity contribution in [2.45, 2.75) is 32.4 Å². The Morgan fingerprint density at radius 1 is 1.47 bits per heavy atom. The largest absolute Gasteiger partial charge is 0.355 e. The average molecular weight is 255 g/mol. The summed E-state index contributed by atoms with van der Waals surface area (Å²) in [7, 11) is 0. The van der Waals surface area contributed by atoms with Gasteiger partial charge in [-0.25, -0.2) is 0 Å². The molecule has 2 rings (SSSR count). The number of rotatable bonds is 3. The molecule has 1 fully saturated rings. The maximum Gasteiger partial charge on any atom is 0.207 e. The van der Waals surface area contributed by atoms with Crippen LogP contribution < -0.4 is 10.6 Å². The molecule has 0 bridgehead atoms. The number of amides is 1. The number of nitrogens with one attached hydrogen (secondary N) is 2. The number of carbonyl (C=O) groups excluding carboxylic acids is 1. The Kier molecular flexibility index (Phi) is 6.67. The fourth-order valence-electron chi connectivity index (χ4n) is 1.62. The Hall–Kier alpha value is -1.06. The molecular formula is C13H19ClN2O. The van der Waals surface area contributed by atoms with Gasteiger partial charge in [-0.1, -0.05) is 23.7 Å². The second-order valence-corrected chi connectivity index (χ2v) is 4.56. The minimum Gasteiger partial charge on any atom is -0.355 e. The third kappa shape index (κ3) is 6.29. The van der Waals surface area contributed by atoms with Crippen molar-refractivity contribution in [1.82, 2.24) is 10.6 Å². The maximum absolute atomic E-state index is 9.91. The summed E-state index contributed by atoms with van der Waals surface area (Å²) < 4.78 is 0. The molecule has 17 heavy (non-hydrogen) atoms. The number of hydrogen-bond acceptors (Lipinski definition) is 2. The molecule has 1 aromatic rings. The van der Waals surface area contributed by atoms with Crippen molar-refractivity contribution in [3.63, 3.8) is 0 Å². The van der Waals surface area contributed by atoms with E-state index in [9.17, 15) is 4.79 Å². The third-order valence-electron chi connectivity index (χ3n) is 2.61. The zero-order valence-electron chi connectivity index (χ0n) is 10.1. The van der Waals surface area contributed by atoms with E-state index in [0.29, 0.717) is 18.0 Å². The lowest BCUT2D eigenvalue weighted by Crippen LogP contribution is -2.16. The molecule has 1 unspecified atom stereocenters. The van der Waals surface area contributed by atoms with Gasteiger partial charge in [-0.2, -0.15) is 0 Å². The molecule has 4 heteroatoms. The minimum absolute atomic E-state index is 0.556. The summed E-state index contributed by atoms with van der Waals surface area (Å²) in [6, 6.07) is 8.13.